The second-order valence-corrected chi connectivity index (χ2v) is 7.97. The average Bonchev–Trinajstić information content (AvgIpc) is 2.57. The first kappa shape index (κ1) is 19.0. The van der Waals surface area contributed by atoms with Gasteiger partial charge in [-0.2, -0.15) is 4.31 Å². The molecule has 2 rings (SSSR count). The molecule has 24 heavy (non-hydrogen) atoms. The smallest absolute Gasteiger partial charge is 0.243 e. The van der Waals surface area contributed by atoms with E-state index >= 15 is 0 Å². The number of amides is 1. The van der Waals surface area contributed by atoms with Crippen molar-refractivity contribution in [1.82, 2.24) is 9.62 Å². The van der Waals surface area contributed by atoms with Crippen LogP contribution in [-0.2, 0) is 14.8 Å². The van der Waals surface area contributed by atoms with E-state index in [0.717, 1.165) is 0 Å². The maximum atomic E-state index is 12.8. The maximum absolute atomic E-state index is 12.8. The highest BCUT2D eigenvalue weighted by molar-refractivity contribution is 7.89. The highest BCUT2D eigenvalue weighted by atomic mass is 35.5. The lowest BCUT2D eigenvalue weighted by atomic mass is 9.99. The number of sulfonamides is 1. The average molecular weight is 375 g/mol. The molecule has 1 aromatic rings. The van der Waals surface area contributed by atoms with E-state index in [0.29, 0.717) is 38.3 Å². The highest BCUT2D eigenvalue weighted by Crippen LogP contribution is 2.30. The minimum Gasteiger partial charge on any atom is -0.492 e. The summed E-state index contributed by atoms with van der Waals surface area (Å²) >= 11 is 6.10. The summed E-state index contributed by atoms with van der Waals surface area (Å²) in [5, 5.41) is 3.02. The number of nitrogens with zero attached hydrogens (tertiary/aromatic N) is 1. The first-order chi connectivity index (χ1) is 11.4. The van der Waals surface area contributed by atoms with E-state index in [1.165, 1.54) is 16.4 Å². The van der Waals surface area contributed by atoms with Crippen molar-refractivity contribution in [2.75, 3.05) is 26.2 Å². The minimum atomic E-state index is -3.68. The van der Waals surface area contributed by atoms with Gasteiger partial charge in [0.25, 0.3) is 0 Å². The van der Waals surface area contributed by atoms with Crippen molar-refractivity contribution in [2.24, 2.45) is 5.92 Å². The summed E-state index contributed by atoms with van der Waals surface area (Å²) in [5.41, 5.74) is 0. The molecule has 134 valence electrons. The SMILES string of the molecule is CCNC(=O)C1CCCN(S(=O)(=O)c2ccc(OCC)c(Cl)c2)C1. The zero-order valence-electron chi connectivity index (χ0n) is 13.9. The fourth-order valence-corrected chi connectivity index (χ4v) is 4.61. The predicted octanol–water partition coefficient (Wildman–Crippen LogP) is 2.28. The molecule has 0 spiro atoms. The zero-order valence-corrected chi connectivity index (χ0v) is 15.5. The number of carbonyl (C=O) groups excluding carboxylic acids is 1. The molecule has 1 fully saturated rings. The van der Waals surface area contributed by atoms with Crippen LogP contribution in [0.4, 0.5) is 0 Å². The molecule has 1 N–H and O–H groups in total. The summed E-state index contributed by atoms with van der Waals surface area (Å²) in [7, 11) is -3.68. The monoisotopic (exact) mass is 374 g/mol. The molecule has 1 heterocycles. The van der Waals surface area contributed by atoms with Gasteiger partial charge in [-0.15, -0.1) is 0 Å². The van der Waals surface area contributed by atoms with Gasteiger partial charge in [-0.25, -0.2) is 8.42 Å². The van der Waals surface area contributed by atoms with Crippen molar-refractivity contribution < 1.29 is 17.9 Å². The lowest BCUT2D eigenvalue weighted by Crippen LogP contribution is -2.45. The largest absolute Gasteiger partial charge is 0.492 e. The van der Waals surface area contributed by atoms with E-state index in [1.54, 1.807) is 6.07 Å². The normalized spacial score (nSPS) is 19.0. The topological polar surface area (TPSA) is 75.7 Å². The second-order valence-electron chi connectivity index (χ2n) is 5.62. The Morgan fingerprint density at radius 2 is 2.17 bits per heavy atom. The van der Waals surface area contributed by atoms with Crippen molar-refractivity contribution in [3.63, 3.8) is 0 Å². The second kappa shape index (κ2) is 8.18. The van der Waals surface area contributed by atoms with Crippen LogP contribution in [0.25, 0.3) is 0 Å². The number of piperidine rings is 1. The molecule has 1 unspecified atom stereocenters. The van der Waals surface area contributed by atoms with Gasteiger partial charge in [0.15, 0.2) is 0 Å². The standard InChI is InChI=1S/C16H23ClN2O4S/c1-3-18-16(20)12-6-5-9-19(11-12)24(21,22)13-7-8-15(23-4-2)14(17)10-13/h7-8,10,12H,3-6,9,11H2,1-2H3,(H,18,20). The number of ether oxygens (including phenoxy) is 1. The third kappa shape index (κ3) is 4.20. The van der Waals surface area contributed by atoms with Crippen LogP contribution in [-0.4, -0.2) is 44.9 Å². The molecule has 1 atom stereocenters. The fraction of sp³-hybridized carbons (Fsp3) is 0.562. The van der Waals surface area contributed by atoms with Crippen molar-refractivity contribution in [1.29, 1.82) is 0 Å². The molecule has 8 heteroatoms. The summed E-state index contributed by atoms with van der Waals surface area (Å²) in [6, 6.07) is 4.45. The summed E-state index contributed by atoms with van der Waals surface area (Å²) in [4.78, 5) is 12.1. The number of halogens is 1. The summed E-state index contributed by atoms with van der Waals surface area (Å²) in [5.74, 6) is 0.0470. The van der Waals surface area contributed by atoms with Gasteiger partial charge in [0.2, 0.25) is 15.9 Å². The highest BCUT2D eigenvalue weighted by Gasteiger charge is 2.33. The minimum absolute atomic E-state index is 0.0953. The van der Waals surface area contributed by atoms with Crippen LogP contribution in [0, 0.1) is 5.92 Å². The number of rotatable bonds is 6. The van der Waals surface area contributed by atoms with Gasteiger partial charge >= 0.3 is 0 Å². The Labute approximate surface area is 148 Å². The quantitative estimate of drug-likeness (QED) is 0.828. The molecule has 6 nitrogen and oxygen atoms in total. The molecular formula is C16H23ClN2O4S. The molecule has 1 amide bonds. The molecule has 1 aliphatic heterocycles. The Kier molecular flexibility index (Phi) is 6.48. The van der Waals surface area contributed by atoms with Gasteiger partial charge in [0.1, 0.15) is 5.75 Å². The van der Waals surface area contributed by atoms with Gasteiger partial charge in [0, 0.05) is 19.6 Å². The van der Waals surface area contributed by atoms with Crippen LogP contribution in [0.3, 0.4) is 0 Å². The van der Waals surface area contributed by atoms with E-state index in [2.05, 4.69) is 5.32 Å². The van der Waals surface area contributed by atoms with E-state index in [9.17, 15) is 13.2 Å². The summed E-state index contributed by atoms with van der Waals surface area (Å²) in [6.07, 6.45) is 1.35. The molecule has 0 aliphatic carbocycles. The Morgan fingerprint density at radius 3 is 2.79 bits per heavy atom. The first-order valence-electron chi connectivity index (χ1n) is 8.10. The van der Waals surface area contributed by atoms with E-state index in [-0.39, 0.29) is 28.3 Å². The molecular weight excluding hydrogens is 352 g/mol. The van der Waals surface area contributed by atoms with Crippen LogP contribution < -0.4 is 10.1 Å². The molecule has 1 aromatic carbocycles. The van der Waals surface area contributed by atoms with Crippen molar-refractivity contribution in [3.8, 4) is 5.75 Å². The Morgan fingerprint density at radius 1 is 1.42 bits per heavy atom. The first-order valence-corrected chi connectivity index (χ1v) is 9.92. The lowest BCUT2D eigenvalue weighted by Gasteiger charge is -2.31. The molecule has 0 aromatic heterocycles. The lowest BCUT2D eigenvalue weighted by molar-refractivity contribution is -0.125. The third-order valence-corrected chi connectivity index (χ3v) is 6.10. The molecule has 1 aliphatic rings. The van der Waals surface area contributed by atoms with Gasteiger partial charge in [-0.05, 0) is 44.9 Å². The van der Waals surface area contributed by atoms with Gasteiger partial charge in [-0.1, -0.05) is 11.6 Å². The van der Waals surface area contributed by atoms with Crippen molar-refractivity contribution in [3.05, 3.63) is 23.2 Å². The maximum Gasteiger partial charge on any atom is 0.243 e. The van der Waals surface area contributed by atoms with Gasteiger partial charge in [0.05, 0.1) is 22.4 Å². The van der Waals surface area contributed by atoms with Gasteiger partial charge < -0.3 is 10.1 Å². The number of hydrogen-bond donors (Lipinski definition) is 1. The summed E-state index contributed by atoms with van der Waals surface area (Å²) in [6.45, 7) is 5.26. The number of nitrogens with one attached hydrogen (secondary N) is 1. The fourth-order valence-electron chi connectivity index (χ4n) is 2.76. The van der Waals surface area contributed by atoms with Crippen molar-refractivity contribution >= 4 is 27.5 Å². The third-order valence-electron chi connectivity index (χ3n) is 3.95. The van der Waals surface area contributed by atoms with Crippen LogP contribution >= 0.6 is 11.6 Å². The van der Waals surface area contributed by atoms with E-state index < -0.39 is 10.0 Å². The van der Waals surface area contributed by atoms with Crippen LogP contribution in [0.15, 0.2) is 23.1 Å². The number of carbonyl (C=O) groups is 1. The number of hydrogen-bond acceptors (Lipinski definition) is 4. The Bertz CT molecular complexity index is 693. The van der Waals surface area contributed by atoms with Crippen LogP contribution in [0.2, 0.25) is 5.02 Å². The predicted molar refractivity (Wildman–Crippen MR) is 92.8 cm³/mol. The van der Waals surface area contributed by atoms with Gasteiger partial charge in [-0.3, -0.25) is 4.79 Å². The molecule has 0 saturated carbocycles. The Hall–Kier alpha value is -1.31. The zero-order chi connectivity index (χ0) is 17.7. The van der Waals surface area contributed by atoms with E-state index in [1.807, 2.05) is 13.8 Å². The Balaban J connectivity index is 2.20. The molecule has 0 radical (unpaired) electrons. The summed E-state index contributed by atoms with van der Waals surface area (Å²) < 4.78 is 32.4. The molecule has 1 saturated heterocycles. The van der Waals surface area contributed by atoms with Crippen LogP contribution in [0.1, 0.15) is 26.7 Å². The van der Waals surface area contributed by atoms with Crippen LogP contribution in [0.5, 0.6) is 5.75 Å². The van der Waals surface area contributed by atoms with E-state index in [4.69, 9.17) is 16.3 Å². The number of benzene rings is 1. The van der Waals surface area contributed by atoms with Crippen molar-refractivity contribution in [2.45, 2.75) is 31.6 Å². The molecule has 0 bridgehead atoms.